The Morgan fingerprint density at radius 2 is 1.90 bits per heavy atom. The molecule has 0 saturated carbocycles. The molecule has 0 amide bonds. The Morgan fingerprint density at radius 1 is 1.14 bits per heavy atom. The number of H-pyrrole nitrogens is 1. The summed E-state index contributed by atoms with van der Waals surface area (Å²) in [5.41, 5.74) is 0.830. The molecule has 3 aromatic rings. The zero-order chi connectivity index (χ0) is 20.7. The van der Waals surface area contributed by atoms with Gasteiger partial charge in [0.1, 0.15) is 17.2 Å². The van der Waals surface area contributed by atoms with E-state index in [1.54, 1.807) is 13.1 Å². The first-order valence-electron chi connectivity index (χ1n) is 10.1. The molecule has 154 valence electrons. The number of aryl methyl sites for hydroxylation is 1. The van der Waals surface area contributed by atoms with Crippen LogP contribution in [0, 0.1) is 0 Å². The highest BCUT2D eigenvalue weighted by molar-refractivity contribution is 5.75. The summed E-state index contributed by atoms with van der Waals surface area (Å²) in [6, 6.07) is 4.71. The van der Waals surface area contributed by atoms with E-state index in [-0.39, 0.29) is 11.2 Å². The highest BCUT2D eigenvalue weighted by Crippen LogP contribution is 2.22. The summed E-state index contributed by atoms with van der Waals surface area (Å²) in [7, 11) is 0. The minimum atomic E-state index is -0.343. The number of piperazine rings is 1. The van der Waals surface area contributed by atoms with Gasteiger partial charge in [0.2, 0.25) is 0 Å². The third-order valence-corrected chi connectivity index (χ3v) is 5.57. The van der Waals surface area contributed by atoms with Gasteiger partial charge in [0.25, 0.3) is 5.56 Å². The largest absolute Gasteiger partial charge is 0.351 e. The van der Waals surface area contributed by atoms with Gasteiger partial charge in [-0.15, -0.1) is 0 Å². The number of imidazole rings is 1. The first kappa shape index (κ1) is 19.4. The van der Waals surface area contributed by atoms with Crippen molar-refractivity contribution in [3.05, 3.63) is 39.2 Å². The van der Waals surface area contributed by atoms with Crippen molar-refractivity contribution < 1.29 is 0 Å². The van der Waals surface area contributed by atoms with Gasteiger partial charge in [-0.2, -0.15) is 0 Å². The number of nitrogens with one attached hydrogen (secondary N) is 2. The predicted molar refractivity (Wildman–Crippen MR) is 113 cm³/mol. The summed E-state index contributed by atoms with van der Waals surface area (Å²) < 4.78 is 2.74. The van der Waals surface area contributed by atoms with Crippen LogP contribution in [0.2, 0.25) is 0 Å². The molecule has 1 aliphatic heterocycles. The third-order valence-electron chi connectivity index (χ3n) is 5.57. The van der Waals surface area contributed by atoms with Crippen molar-refractivity contribution in [2.24, 2.45) is 0 Å². The molecule has 4 heterocycles. The number of nitrogens with zero attached hydrogens (tertiary/aromatic N) is 5. The summed E-state index contributed by atoms with van der Waals surface area (Å²) in [4.78, 5) is 39.8. The Hall–Kier alpha value is -2.94. The second-order valence-electron chi connectivity index (χ2n) is 7.58. The summed E-state index contributed by atoms with van der Waals surface area (Å²) >= 11 is 0. The minimum absolute atomic E-state index is 0.319. The van der Waals surface area contributed by atoms with Crippen molar-refractivity contribution in [1.82, 2.24) is 29.4 Å². The lowest BCUT2D eigenvalue weighted by molar-refractivity contribution is 0.422. The van der Waals surface area contributed by atoms with Gasteiger partial charge in [-0.25, -0.2) is 14.8 Å². The number of hydrogen-bond donors (Lipinski definition) is 2. The average molecular weight is 397 g/mol. The smallest absolute Gasteiger partial charge is 0.332 e. The molecule has 3 aromatic heterocycles. The van der Waals surface area contributed by atoms with Crippen molar-refractivity contribution in [3.63, 3.8) is 0 Å². The lowest BCUT2D eigenvalue weighted by atomic mass is 10.1. The quantitative estimate of drug-likeness (QED) is 0.686. The Balaban J connectivity index is 1.75. The van der Waals surface area contributed by atoms with Crippen LogP contribution in [-0.4, -0.2) is 49.3 Å². The van der Waals surface area contributed by atoms with Crippen LogP contribution in [-0.2, 0) is 13.1 Å². The van der Waals surface area contributed by atoms with E-state index >= 15 is 0 Å². The highest BCUT2D eigenvalue weighted by atomic mass is 16.2. The zero-order valence-corrected chi connectivity index (χ0v) is 17.3. The lowest BCUT2D eigenvalue weighted by Crippen LogP contribution is -2.54. The Morgan fingerprint density at radius 3 is 2.55 bits per heavy atom. The number of pyridine rings is 1. The van der Waals surface area contributed by atoms with Crippen LogP contribution in [0.3, 0.4) is 0 Å². The Bertz CT molecular complexity index is 1140. The minimum Gasteiger partial charge on any atom is -0.351 e. The van der Waals surface area contributed by atoms with Crippen molar-refractivity contribution in [3.8, 4) is 11.4 Å². The first-order chi connectivity index (χ1) is 13.9. The average Bonchev–Trinajstić information content (AvgIpc) is 3.16. The normalized spacial score (nSPS) is 19.8. The van der Waals surface area contributed by atoms with E-state index in [0.29, 0.717) is 42.2 Å². The maximum Gasteiger partial charge on any atom is 0.332 e. The van der Waals surface area contributed by atoms with Crippen LogP contribution in [0.15, 0.2) is 27.9 Å². The van der Waals surface area contributed by atoms with Gasteiger partial charge in [0.05, 0.1) is 0 Å². The molecule has 9 heteroatoms. The molecule has 1 fully saturated rings. The molecule has 1 saturated heterocycles. The van der Waals surface area contributed by atoms with Crippen molar-refractivity contribution in [1.29, 1.82) is 0 Å². The predicted octanol–water partition coefficient (Wildman–Crippen LogP) is 1.17. The van der Waals surface area contributed by atoms with E-state index in [1.165, 1.54) is 9.13 Å². The van der Waals surface area contributed by atoms with Crippen molar-refractivity contribution >= 4 is 17.0 Å². The van der Waals surface area contributed by atoms with Gasteiger partial charge in [0, 0.05) is 50.0 Å². The SMILES string of the molecule is CCn1c(=O)c2[nH]c(-c3ccc(N4CC(C)NCC4C)nc3)nc2n(CC)c1=O. The second-order valence-corrected chi connectivity index (χ2v) is 7.58. The van der Waals surface area contributed by atoms with Gasteiger partial charge in [-0.1, -0.05) is 0 Å². The molecule has 29 heavy (non-hydrogen) atoms. The molecule has 0 radical (unpaired) electrons. The highest BCUT2D eigenvalue weighted by Gasteiger charge is 2.23. The van der Waals surface area contributed by atoms with Crippen molar-refractivity contribution in [2.45, 2.75) is 52.9 Å². The fourth-order valence-corrected chi connectivity index (χ4v) is 3.90. The Kier molecular flexibility index (Phi) is 4.99. The molecule has 0 aliphatic carbocycles. The fourth-order valence-electron chi connectivity index (χ4n) is 3.90. The number of fused-ring (bicyclic) bond motifs is 1. The number of rotatable bonds is 4. The van der Waals surface area contributed by atoms with E-state index in [2.05, 4.69) is 39.0 Å². The molecule has 2 unspecified atom stereocenters. The molecule has 0 bridgehead atoms. The molecule has 2 atom stereocenters. The van der Waals surface area contributed by atoms with Crippen LogP contribution in [0.25, 0.3) is 22.6 Å². The van der Waals surface area contributed by atoms with Crippen LogP contribution < -0.4 is 21.5 Å². The Labute approximate surface area is 168 Å². The second kappa shape index (κ2) is 7.47. The molecule has 0 aromatic carbocycles. The molecule has 0 spiro atoms. The zero-order valence-electron chi connectivity index (χ0n) is 17.3. The maximum absolute atomic E-state index is 12.7. The van der Waals surface area contributed by atoms with Crippen LogP contribution in [0.5, 0.6) is 0 Å². The molecule has 2 N–H and O–H groups in total. The van der Waals surface area contributed by atoms with Crippen molar-refractivity contribution in [2.75, 3.05) is 18.0 Å². The number of aromatic nitrogens is 5. The molecule has 1 aliphatic rings. The summed E-state index contributed by atoms with van der Waals surface area (Å²) in [6.45, 7) is 10.6. The van der Waals surface area contributed by atoms with Gasteiger partial charge in [-0.05, 0) is 39.8 Å². The molecule has 4 rings (SSSR count). The van der Waals surface area contributed by atoms with E-state index in [4.69, 9.17) is 0 Å². The van der Waals surface area contributed by atoms with E-state index in [0.717, 1.165) is 24.5 Å². The lowest BCUT2D eigenvalue weighted by Gasteiger charge is -2.38. The van der Waals surface area contributed by atoms with Crippen LogP contribution >= 0.6 is 0 Å². The standard InChI is InChI=1S/C20H27N7O2/c1-5-25-18-16(19(28)26(6-2)20(25)29)23-17(24-18)14-7-8-15(22-10-14)27-11-12(3)21-9-13(27)4/h7-8,10,12-13,21H,5-6,9,11H2,1-4H3,(H,23,24). The van der Waals surface area contributed by atoms with E-state index in [1.807, 2.05) is 19.1 Å². The van der Waals surface area contributed by atoms with E-state index < -0.39 is 0 Å². The fraction of sp³-hybridized carbons (Fsp3) is 0.500. The van der Waals surface area contributed by atoms with Crippen LogP contribution in [0.4, 0.5) is 5.82 Å². The van der Waals surface area contributed by atoms with Gasteiger partial charge in [0.15, 0.2) is 5.65 Å². The molecule has 9 nitrogen and oxygen atoms in total. The first-order valence-corrected chi connectivity index (χ1v) is 10.1. The monoisotopic (exact) mass is 397 g/mol. The summed E-state index contributed by atoms with van der Waals surface area (Å²) in [5, 5.41) is 3.47. The molecular weight excluding hydrogens is 370 g/mol. The summed E-state index contributed by atoms with van der Waals surface area (Å²) in [5.74, 6) is 1.46. The number of anilines is 1. The van der Waals surface area contributed by atoms with Gasteiger partial charge < -0.3 is 15.2 Å². The molecular formula is C20H27N7O2. The third kappa shape index (κ3) is 3.25. The van der Waals surface area contributed by atoms with E-state index in [9.17, 15) is 9.59 Å². The maximum atomic E-state index is 12.7. The number of hydrogen-bond acceptors (Lipinski definition) is 6. The number of aromatic amines is 1. The van der Waals surface area contributed by atoms with Gasteiger partial charge in [-0.3, -0.25) is 13.9 Å². The van der Waals surface area contributed by atoms with Gasteiger partial charge >= 0.3 is 5.69 Å². The summed E-state index contributed by atoms with van der Waals surface area (Å²) in [6.07, 6.45) is 1.76. The topological polar surface area (TPSA) is 101 Å². The van der Waals surface area contributed by atoms with Crippen LogP contribution in [0.1, 0.15) is 27.7 Å².